The fraction of sp³-hybridized carbons (Fsp3) is 0.261. The van der Waals surface area contributed by atoms with Gasteiger partial charge in [0.25, 0.3) is 0 Å². The van der Waals surface area contributed by atoms with Gasteiger partial charge in [-0.25, -0.2) is 0 Å². The number of halogens is 4. The molecule has 3 heterocycles. The van der Waals surface area contributed by atoms with Crippen molar-refractivity contribution in [1.29, 1.82) is 5.26 Å². The third-order valence-corrected chi connectivity index (χ3v) is 11.3. The second-order valence-electron chi connectivity index (χ2n) is 7.92. The number of alkyl halides is 4. The minimum atomic E-state index is -3.66. The number of allylic oxidation sites excluding steroid dienone is 2. The predicted octanol–water partition coefficient (Wildman–Crippen LogP) is 4.59. The zero-order valence-electron chi connectivity index (χ0n) is 18.5. The van der Waals surface area contributed by atoms with Gasteiger partial charge in [0, 0.05) is 0 Å². The molecule has 35 heavy (non-hydrogen) atoms. The zero-order valence-corrected chi connectivity index (χ0v) is 21.4. The molecule has 0 aliphatic carbocycles. The minimum absolute atomic E-state index is 0.0716. The molecular formula is C23H18ClF2IN4O4. The van der Waals surface area contributed by atoms with Gasteiger partial charge in [-0.15, -0.1) is 0 Å². The fourth-order valence-corrected chi connectivity index (χ4v) is 9.18. The van der Waals surface area contributed by atoms with Gasteiger partial charge < -0.3 is 0 Å². The number of hydrogen-bond donors (Lipinski definition) is 0. The summed E-state index contributed by atoms with van der Waals surface area (Å²) in [6.45, 7) is 4.52. The summed E-state index contributed by atoms with van der Waals surface area (Å²) in [6, 6.07) is 5.83. The van der Waals surface area contributed by atoms with Crippen LogP contribution in [-0.4, -0.2) is 36.7 Å². The normalized spacial score (nSPS) is 19.6. The summed E-state index contributed by atoms with van der Waals surface area (Å²) in [5.41, 5.74) is -1.88. The molecule has 0 spiro atoms. The summed E-state index contributed by atoms with van der Waals surface area (Å²) < 4.78 is 46.6. The van der Waals surface area contributed by atoms with Crippen molar-refractivity contribution in [3.8, 4) is 17.6 Å². The Bertz CT molecular complexity index is 1420. The Balaban J connectivity index is 1.79. The molecule has 2 aliphatic rings. The van der Waals surface area contributed by atoms with Crippen LogP contribution in [-0.2, 0) is 22.0 Å². The van der Waals surface area contributed by atoms with Gasteiger partial charge in [-0.1, -0.05) is 0 Å². The van der Waals surface area contributed by atoms with Crippen LogP contribution in [0.2, 0.25) is 5.02 Å². The Hall–Kier alpha value is -3.11. The number of nitriles is 1. The van der Waals surface area contributed by atoms with Gasteiger partial charge in [-0.05, 0) is 0 Å². The first kappa shape index (κ1) is 25.0. The fourth-order valence-electron chi connectivity index (χ4n) is 3.46. The van der Waals surface area contributed by atoms with Crippen molar-refractivity contribution in [3.05, 3.63) is 75.0 Å². The average molecular weight is 615 g/mol. The van der Waals surface area contributed by atoms with E-state index in [-0.39, 0.29) is 34.4 Å². The second kappa shape index (κ2) is 9.16. The molecule has 1 aromatic carbocycles. The van der Waals surface area contributed by atoms with Crippen LogP contribution in [0.15, 0.2) is 56.3 Å². The Kier molecular flexibility index (Phi) is 6.54. The number of methoxy groups -OCH3 is 1. The summed E-state index contributed by atoms with van der Waals surface area (Å²) in [4.78, 5) is 28.8. The number of carbonyl (C=O) groups is 1. The number of ether oxygens (including phenoxy) is 2. The van der Waals surface area contributed by atoms with Gasteiger partial charge >= 0.3 is 212 Å². The number of hydrogen-bond acceptors (Lipinski definition) is 7. The second-order valence-corrected chi connectivity index (χ2v) is 13.7. The van der Waals surface area contributed by atoms with Crippen LogP contribution in [0.4, 0.5) is 8.78 Å². The molecule has 0 saturated carbocycles. The van der Waals surface area contributed by atoms with Gasteiger partial charge in [0.2, 0.25) is 0 Å². The van der Waals surface area contributed by atoms with E-state index in [1.165, 1.54) is 29.9 Å². The maximum absolute atomic E-state index is 15.0. The van der Waals surface area contributed by atoms with E-state index in [4.69, 9.17) is 21.1 Å². The average Bonchev–Trinajstić information content (AvgIpc) is 3.52. The monoisotopic (exact) mass is 614 g/mol. The first-order valence-corrected chi connectivity index (χ1v) is 14.0. The molecule has 2 aromatic rings. The standard InChI is InChI=1S/C23H18ClF2IN4O4/c1-13(2)23(25,26)19-18(35-17-5-14(8-28)4-16(24)6-17)21(33)31(12-29-19)11-22-7-15(9-32)20(34-3)30-27(22)10-22/h4-7,9,12H,1,10-11H2,2-3H3. The molecule has 182 valence electrons. The van der Waals surface area contributed by atoms with Crippen LogP contribution in [0, 0.1) is 11.3 Å². The SMILES string of the molecule is C=C(C)C(F)(F)c1ncn(CC23C=C(C=O)C(OC)=NI2C3)c(=O)c1Oc1cc(Cl)cc(C#N)c1. The van der Waals surface area contributed by atoms with E-state index in [1.54, 1.807) is 6.08 Å². The van der Waals surface area contributed by atoms with Gasteiger partial charge in [0.05, 0.1) is 0 Å². The molecule has 1 saturated heterocycles. The number of aldehydes is 1. The number of carbonyl (C=O) groups excluding carboxylic acids is 1. The van der Waals surface area contributed by atoms with E-state index in [2.05, 4.69) is 14.8 Å². The van der Waals surface area contributed by atoms with Crippen LogP contribution < -0.4 is 10.3 Å². The predicted molar refractivity (Wildman–Crippen MR) is 134 cm³/mol. The summed E-state index contributed by atoms with van der Waals surface area (Å²) in [5, 5.41) is 9.31. The number of benzene rings is 1. The van der Waals surface area contributed by atoms with Crippen LogP contribution >= 0.6 is 31.7 Å². The van der Waals surface area contributed by atoms with E-state index in [0.29, 0.717) is 10.7 Å². The van der Waals surface area contributed by atoms with Gasteiger partial charge in [-0.2, -0.15) is 0 Å². The van der Waals surface area contributed by atoms with Crippen molar-refractivity contribution >= 4 is 43.9 Å². The molecule has 8 nitrogen and oxygen atoms in total. The molecule has 2 aliphatic heterocycles. The summed E-state index contributed by atoms with van der Waals surface area (Å²) in [6.07, 6.45) is 3.41. The van der Waals surface area contributed by atoms with Crippen LogP contribution in [0.5, 0.6) is 11.5 Å². The van der Waals surface area contributed by atoms with Crippen LogP contribution in [0.1, 0.15) is 18.2 Å². The molecule has 0 N–H and O–H groups in total. The number of aromatic nitrogens is 2. The summed E-state index contributed by atoms with van der Waals surface area (Å²) >= 11 is 4.05. The number of rotatable bonds is 7. The van der Waals surface area contributed by atoms with Crippen molar-refractivity contribution in [2.24, 2.45) is 3.21 Å². The Labute approximate surface area is 211 Å². The first-order valence-electron chi connectivity index (χ1n) is 10.0. The van der Waals surface area contributed by atoms with Crippen LogP contribution in [0.25, 0.3) is 0 Å². The van der Waals surface area contributed by atoms with Gasteiger partial charge in [0.1, 0.15) is 0 Å². The quantitative estimate of drug-likeness (QED) is 0.196. The maximum atomic E-state index is 15.0. The molecule has 1 aromatic heterocycles. The number of fused-ring (bicyclic) bond motifs is 1. The summed E-state index contributed by atoms with van der Waals surface area (Å²) in [5.74, 6) is -4.16. The topological polar surface area (TPSA) is 107 Å². The number of nitrogens with zero attached hydrogens (tertiary/aromatic N) is 4. The van der Waals surface area contributed by atoms with Gasteiger partial charge in [-0.3, -0.25) is 0 Å². The van der Waals surface area contributed by atoms with Crippen molar-refractivity contribution in [1.82, 2.24) is 9.55 Å². The molecule has 0 bridgehead atoms. The molecule has 1 unspecified atom stereocenters. The van der Waals surface area contributed by atoms with Crippen molar-refractivity contribution in [2.75, 3.05) is 11.5 Å². The van der Waals surface area contributed by atoms with Crippen molar-refractivity contribution in [3.63, 3.8) is 0 Å². The zero-order chi connectivity index (χ0) is 25.5. The van der Waals surface area contributed by atoms with E-state index >= 15 is 0 Å². The third-order valence-electron chi connectivity index (χ3n) is 5.35. The van der Waals surface area contributed by atoms with Gasteiger partial charge in [0.15, 0.2) is 0 Å². The summed E-state index contributed by atoms with van der Waals surface area (Å²) in [7, 11) is 1.43. The Morgan fingerprint density at radius 3 is 2.83 bits per heavy atom. The Morgan fingerprint density at radius 1 is 1.46 bits per heavy atom. The van der Waals surface area contributed by atoms with Crippen LogP contribution in [0.3, 0.4) is 0 Å². The van der Waals surface area contributed by atoms with E-state index in [0.717, 1.165) is 13.3 Å². The third kappa shape index (κ3) is 4.60. The first-order chi connectivity index (χ1) is 16.5. The molecule has 0 radical (unpaired) electrons. The molecular weight excluding hydrogens is 597 g/mol. The molecule has 1 fully saturated rings. The molecule has 1 atom stereocenters. The molecule has 4 rings (SSSR count). The molecule has 12 heteroatoms. The van der Waals surface area contributed by atoms with Crippen molar-refractivity contribution in [2.45, 2.75) is 22.8 Å². The van der Waals surface area contributed by atoms with E-state index in [9.17, 15) is 23.6 Å². The van der Waals surface area contributed by atoms with Crippen molar-refractivity contribution < 1.29 is 23.0 Å². The van der Waals surface area contributed by atoms with E-state index < -0.39 is 52.0 Å². The Morgan fingerprint density at radius 2 is 2.20 bits per heavy atom. The molecule has 0 amide bonds. The van der Waals surface area contributed by atoms with E-state index in [1.807, 2.05) is 6.07 Å².